The van der Waals surface area contributed by atoms with Gasteiger partial charge in [-0.1, -0.05) is 42.0 Å². The number of ether oxygens (including phenoxy) is 2. The number of fused-ring (bicyclic) bond motifs is 4. The lowest BCUT2D eigenvalue weighted by atomic mass is 9.63. The zero-order valence-electron chi connectivity index (χ0n) is 27.8. The van der Waals surface area contributed by atoms with E-state index in [1.54, 1.807) is 32.4 Å². The Morgan fingerprint density at radius 3 is 2.77 bits per heavy atom. The van der Waals surface area contributed by atoms with Crippen molar-refractivity contribution in [1.82, 2.24) is 19.7 Å². The van der Waals surface area contributed by atoms with Gasteiger partial charge < -0.3 is 14.4 Å². The van der Waals surface area contributed by atoms with Crippen molar-refractivity contribution in [2.24, 2.45) is 17.8 Å². The molecule has 2 aliphatic carbocycles. The molecular weight excluding hydrogens is 650 g/mol. The van der Waals surface area contributed by atoms with Crippen LogP contribution >= 0.6 is 11.6 Å². The number of allylic oxidation sites excluding steroid dienone is 1. The summed E-state index contributed by atoms with van der Waals surface area (Å²) in [7, 11) is -2.21. The maximum atomic E-state index is 13.5. The van der Waals surface area contributed by atoms with E-state index < -0.39 is 26.8 Å². The van der Waals surface area contributed by atoms with Gasteiger partial charge in [0.2, 0.25) is 10.0 Å². The monoisotopic (exact) mass is 693 g/mol. The van der Waals surface area contributed by atoms with Crippen LogP contribution < -0.4 is 14.4 Å². The summed E-state index contributed by atoms with van der Waals surface area (Å²) in [6.07, 6.45) is 13.1. The highest BCUT2D eigenvalue weighted by atomic mass is 35.5. The van der Waals surface area contributed by atoms with Crippen LogP contribution in [0.3, 0.4) is 0 Å². The molecular formula is C36H44ClN5O5S. The Morgan fingerprint density at radius 2 is 2.02 bits per heavy atom. The number of anilines is 1. The summed E-state index contributed by atoms with van der Waals surface area (Å²) in [6.45, 7) is 5.94. The first kappa shape index (κ1) is 33.1. The van der Waals surface area contributed by atoms with Gasteiger partial charge in [0.05, 0.1) is 30.3 Å². The summed E-state index contributed by atoms with van der Waals surface area (Å²) in [6, 6.07) is 11.5. The second-order valence-electron chi connectivity index (χ2n) is 14.3. The molecule has 3 heterocycles. The van der Waals surface area contributed by atoms with Gasteiger partial charge in [-0.05, 0) is 105 Å². The van der Waals surface area contributed by atoms with E-state index in [4.69, 9.17) is 21.1 Å². The topological polar surface area (TPSA) is 116 Å². The largest absolute Gasteiger partial charge is 0.490 e. The molecule has 2 aliphatic heterocycles. The zero-order chi connectivity index (χ0) is 33.7. The van der Waals surface area contributed by atoms with Crippen LogP contribution in [-0.4, -0.2) is 67.0 Å². The van der Waals surface area contributed by atoms with E-state index in [1.807, 2.05) is 36.0 Å². The Labute approximate surface area is 287 Å². The fourth-order valence-corrected chi connectivity index (χ4v) is 9.86. The second-order valence-corrected chi connectivity index (χ2v) is 16.8. The summed E-state index contributed by atoms with van der Waals surface area (Å²) in [4.78, 5) is 15.9. The van der Waals surface area contributed by atoms with Crippen LogP contribution in [-0.2, 0) is 33.1 Å². The van der Waals surface area contributed by atoms with Crippen molar-refractivity contribution in [2.45, 2.75) is 75.2 Å². The van der Waals surface area contributed by atoms with Gasteiger partial charge in [0.15, 0.2) is 0 Å². The highest BCUT2D eigenvalue weighted by molar-refractivity contribution is 7.90. The molecule has 10 nitrogen and oxygen atoms in total. The molecule has 2 bridgehead atoms. The van der Waals surface area contributed by atoms with Crippen molar-refractivity contribution in [3.05, 3.63) is 82.7 Å². The molecule has 1 spiro atoms. The number of rotatable bonds is 3. The highest BCUT2D eigenvalue weighted by Crippen LogP contribution is 2.49. The lowest BCUT2D eigenvalue weighted by Gasteiger charge is -2.50. The standard InChI is InChI=1S/C36H44ClN5O5S/c1-24-6-4-15-36(46-3,22-42-17-16-38-40-42)31-11-8-28(31)20-41-21-35(14-5-7-26-18-29(37)10-12-30(26)35)23-47-33-13-9-27(19-32(33)41)34(43)39-48(44,45)25(24)2/h4,9-10,12-13,15-19,24-25,28,31H,5-8,11,14,20-23H2,1-3H3,(H,39,43)/b15-4+/t24-,25+,28-,31+,35-,36-/m0/s1. The fourth-order valence-electron chi connectivity index (χ4n) is 8.38. The number of aromatic nitrogens is 3. The lowest BCUT2D eigenvalue weighted by Crippen LogP contribution is -2.54. The average Bonchev–Trinajstić information content (AvgIpc) is 3.51. The molecule has 0 radical (unpaired) electrons. The molecule has 1 N–H and O–H groups in total. The van der Waals surface area contributed by atoms with Crippen molar-refractivity contribution in [1.29, 1.82) is 0 Å². The van der Waals surface area contributed by atoms with E-state index in [0.717, 1.165) is 49.4 Å². The van der Waals surface area contributed by atoms with Crippen LogP contribution in [0.1, 0.15) is 67.4 Å². The van der Waals surface area contributed by atoms with Gasteiger partial charge in [0.1, 0.15) is 11.4 Å². The first-order chi connectivity index (χ1) is 23.0. The molecule has 1 amide bonds. The molecule has 6 atom stereocenters. The minimum atomic E-state index is -3.96. The van der Waals surface area contributed by atoms with E-state index >= 15 is 0 Å². The first-order valence-electron chi connectivity index (χ1n) is 17.0. The van der Waals surface area contributed by atoms with Gasteiger partial charge in [-0.3, -0.25) is 4.79 Å². The van der Waals surface area contributed by atoms with Crippen LogP contribution in [0.2, 0.25) is 5.02 Å². The molecule has 0 unspecified atom stereocenters. The zero-order valence-corrected chi connectivity index (χ0v) is 29.3. The molecule has 1 fully saturated rings. The van der Waals surface area contributed by atoms with Crippen LogP contribution in [0.5, 0.6) is 5.75 Å². The molecule has 4 aliphatic rings. The molecule has 0 saturated heterocycles. The number of methoxy groups -OCH3 is 1. The summed E-state index contributed by atoms with van der Waals surface area (Å²) < 4.78 is 44.2. The lowest BCUT2D eigenvalue weighted by molar-refractivity contribution is -0.0869. The second kappa shape index (κ2) is 12.8. The Balaban J connectivity index is 1.34. The van der Waals surface area contributed by atoms with Gasteiger partial charge in [0, 0.05) is 42.4 Å². The highest BCUT2D eigenvalue weighted by Gasteiger charge is 2.49. The third kappa shape index (κ3) is 6.02. The molecule has 12 heteroatoms. The summed E-state index contributed by atoms with van der Waals surface area (Å²) >= 11 is 6.46. The van der Waals surface area contributed by atoms with E-state index in [1.165, 1.54) is 11.1 Å². The molecule has 48 heavy (non-hydrogen) atoms. The normalized spacial score (nSPS) is 32.2. The predicted molar refractivity (Wildman–Crippen MR) is 185 cm³/mol. The minimum absolute atomic E-state index is 0.166. The fraction of sp³-hybridized carbons (Fsp3) is 0.528. The van der Waals surface area contributed by atoms with Crippen LogP contribution in [0.25, 0.3) is 0 Å². The van der Waals surface area contributed by atoms with Gasteiger partial charge in [0.25, 0.3) is 5.91 Å². The van der Waals surface area contributed by atoms with E-state index in [0.29, 0.717) is 31.9 Å². The number of hydrogen-bond acceptors (Lipinski definition) is 8. The van der Waals surface area contributed by atoms with Crippen molar-refractivity contribution in [3.63, 3.8) is 0 Å². The van der Waals surface area contributed by atoms with Crippen LogP contribution in [0, 0.1) is 17.8 Å². The number of halogens is 1. The molecule has 3 aromatic rings. The van der Waals surface area contributed by atoms with Gasteiger partial charge in [-0.25, -0.2) is 17.8 Å². The summed E-state index contributed by atoms with van der Waals surface area (Å²) in [5, 5.41) is 8.26. The number of nitrogens with one attached hydrogen (secondary N) is 1. The quantitative estimate of drug-likeness (QED) is 0.355. The maximum Gasteiger partial charge on any atom is 0.264 e. The van der Waals surface area contributed by atoms with Gasteiger partial charge >= 0.3 is 0 Å². The number of carbonyl (C=O) groups excluding carboxylic acids is 1. The molecule has 2 aromatic carbocycles. The average molecular weight is 694 g/mol. The maximum absolute atomic E-state index is 13.5. The number of hydrogen-bond donors (Lipinski definition) is 1. The first-order valence-corrected chi connectivity index (χ1v) is 18.9. The Bertz CT molecular complexity index is 1820. The Morgan fingerprint density at radius 1 is 1.17 bits per heavy atom. The third-order valence-electron chi connectivity index (χ3n) is 11.5. The molecule has 256 valence electrons. The van der Waals surface area contributed by atoms with Gasteiger partial charge in [-0.2, -0.15) is 0 Å². The van der Waals surface area contributed by atoms with E-state index in [-0.39, 0.29) is 28.7 Å². The number of amides is 1. The van der Waals surface area contributed by atoms with Crippen molar-refractivity contribution >= 4 is 33.2 Å². The van der Waals surface area contributed by atoms with E-state index in [9.17, 15) is 13.2 Å². The van der Waals surface area contributed by atoms with Crippen LogP contribution in [0.15, 0.2) is 60.9 Å². The molecule has 1 aromatic heterocycles. The number of sulfonamides is 1. The number of aryl methyl sites for hydroxylation is 1. The Hall–Kier alpha value is -3.41. The molecule has 7 rings (SSSR count). The SMILES string of the molecule is CO[C@]1(Cn2ccnn2)/C=C/C[C@H](C)[C@@H](C)S(=O)(=O)NC(=O)c2ccc3c(c2)N(C[C@@H]2CC[C@H]21)C[C@@]1(CCCc2cc(Cl)ccc21)CO3. The van der Waals surface area contributed by atoms with Crippen LogP contribution in [0.4, 0.5) is 5.69 Å². The number of carbonyl (C=O) groups is 1. The molecule has 1 saturated carbocycles. The number of benzene rings is 2. The van der Waals surface area contributed by atoms with Crippen molar-refractivity contribution in [3.8, 4) is 5.75 Å². The van der Waals surface area contributed by atoms with Gasteiger partial charge in [-0.15, -0.1) is 5.10 Å². The minimum Gasteiger partial charge on any atom is -0.490 e. The smallest absolute Gasteiger partial charge is 0.264 e. The number of nitrogens with zero attached hydrogens (tertiary/aromatic N) is 4. The van der Waals surface area contributed by atoms with Crippen molar-refractivity contribution < 1.29 is 22.7 Å². The predicted octanol–water partition coefficient (Wildman–Crippen LogP) is 5.56. The summed E-state index contributed by atoms with van der Waals surface area (Å²) in [5.74, 6) is 0.241. The third-order valence-corrected chi connectivity index (χ3v) is 13.6. The van der Waals surface area contributed by atoms with E-state index in [2.05, 4.69) is 38.1 Å². The summed E-state index contributed by atoms with van der Waals surface area (Å²) in [5.41, 5.74) is 2.63. The van der Waals surface area contributed by atoms with Crippen molar-refractivity contribution in [2.75, 3.05) is 31.7 Å². The Kier molecular flexibility index (Phi) is 8.83.